The number of nitrogens with one attached hydrogen (secondary N) is 1. The summed E-state index contributed by atoms with van der Waals surface area (Å²) in [5.74, 6) is 0. The summed E-state index contributed by atoms with van der Waals surface area (Å²) >= 11 is 5.83. The third kappa shape index (κ3) is 3.78. The number of hydrogen-bond acceptors (Lipinski definition) is 4. The highest BCUT2D eigenvalue weighted by Crippen LogP contribution is 2.27. The van der Waals surface area contributed by atoms with Crippen LogP contribution in [-0.4, -0.2) is 32.7 Å². The Labute approximate surface area is 137 Å². The van der Waals surface area contributed by atoms with Crippen LogP contribution < -0.4 is 5.32 Å². The maximum Gasteiger partial charge on any atom is 0.322 e. The number of carbonyl (C=O) groups is 1. The highest BCUT2D eigenvalue weighted by molar-refractivity contribution is 6.33. The minimum absolute atomic E-state index is 0.0317. The average molecular weight is 338 g/mol. The maximum absolute atomic E-state index is 12.3. The molecule has 1 aromatic heterocycles. The Balaban J connectivity index is 2.09. The van der Waals surface area contributed by atoms with Crippen LogP contribution in [0.5, 0.6) is 0 Å². The number of nitro groups is 1. The third-order valence-corrected chi connectivity index (χ3v) is 3.81. The Morgan fingerprint density at radius 1 is 1.52 bits per heavy atom. The maximum atomic E-state index is 12.3. The molecule has 2 amide bonds. The number of halogens is 1. The molecule has 1 unspecified atom stereocenters. The number of rotatable bonds is 4. The number of benzene rings is 1. The number of nitrogens with zero attached hydrogens (tertiary/aromatic N) is 4. The Bertz CT molecular complexity index is 746. The van der Waals surface area contributed by atoms with Gasteiger partial charge in [0.1, 0.15) is 5.02 Å². The van der Waals surface area contributed by atoms with E-state index in [0.717, 1.165) is 5.56 Å². The summed E-state index contributed by atoms with van der Waals surface area (Å²) in [5, 5.41) is 17.4. The van der Waals surface area contributed by atoms with Crippen LogP contribution in [0.1, 0.15) is 18.5 Å². The molecule has 0 bridgehead atoms. The lowest BCUT2D eigenvalue weighted by atomic mass is 10.2. The number of hydrogen-bond donors (Lipinski definition) is 1. The standard InChI is InChI=1S/C14H16ClN5O3/c1-9(10-7-16-18(2)8-10)19(3)14(21)17-11-4-5-13(20(22)23)12(15)6-11/h4-9H,1-3H3,(H,17,21). The van der Waals surface area contributed by atoms with Crippen LogP contribution in [0.3, 0.4) is 0 Å². The van der Waals surface area contributed by atoms with Crippen LogP contribution in [0, 0.1) is 10.1 Å². The van der Waals surface area contributed by atoms with Gasteiger partial charge >= 0.3 is 6.03 Å². The molecule has 23 heavy (non-hydrogen) atoms. The zero-order valence-corrected chi connectivity index (χ0v) is 13.6. The molecule has 2 rings (SSSR count). The van der Waals surface area contributed by atoms with E-state index in [0.29, 0.717) is 5.69 Å². The quantitative estimate of drug-likeness (QED) is 0.684. The molecule has 1 aromatic carbocycles. The number of urea groups is 1. The van der Waals surface area contributed by atoms with Crippen LogP contribution in [0.15, 0.2) is 30.6 Å². The molecule has 122 valence electrons. The molecule has 0 saturated heterocycles. The van der Waals surface area contributed by atoms with Crippen LogP contribution in [0.4, 0.5) is 16.2 Å². The first-order chi connectivity index (χ1) is 10.8. The van der Waals surface area contributed by atoms with Crippen molar-refractivity contribution in [1.29, 1.82) is 0 Å². The molecule has 1 N–H and O–H groups in total. The highest BCUT2D eigenvalue weighted by atomic mass is 35.5. The van der Waals surface area contributed by atoms with E-state index < -0.39 is 4.92 Å². The van der Waals surface area contributed by atoms with Crippen molar-refractivity contribution < 1.29 is 9.72 Å². The van der Waals surface area contributed by atoms with Crippen LogP contribution in [0.2, 0.25) is 5.02 Å². The molecule has 0 aliphatic carbocycles. The van der Waals surface area contributed by atoms with Gasteiger partial charge in [0.15, 0.2) is 0 Å². The SMILES string of the molecule is CC(c1cnn(C)c1)N(C)C(=O)Nc1ccc([N+](=O)[O-])c(Cl)c1. The summed E-state index contributed by atoms with van der Waals surface area (Å²) in [7, 11) is 3.45. The lowest BCUT2D eigenvalue weighted by molar-refractivity contribution is -0.384. The second-order valence-electron chi connectivity index (χ2n) is 5.09. The predicted molar refractivity (Wildman–Crippen MR) is 86.5 cm³/mol. The van der Waals surface area contributed by atoms with Gasteiger partial charge in [0.2, 0.25) is 0 Å². The van der Waals surface area contributed by atoms with Gasteiger partial charge < -0.3 is 10.2 Å². The third-order valence-electron chi connectivity index (χ3n) is 3.50. The van der Waals surface area contributed by atoms with Gasteiger partial charge in [-0.1, -0.05) is 11.6 Å². The largest absolute Gasteiger partial charge is 0.322 e. The number of anilines is 1. The summed E-state index contributed by atoms with van der Waals surface area (Å²) in [5.41, 5.74) is 1.07. The van der Waals surface area contributed by atoms with Crippen molar-refractivity contribution in [2.75, 3.05) is 12.4 Å². The summed E-state index contributed by atoms with van der Waals surface area (Å²) in [6.45, 7) is 1.87. The van der Waals surface area contributed by atoms with Gasteiger partial charge in [-0.25, -0.2) is 4.79 Å². The van der Waals surface area contributed by atoms with E-state index in [2.05, 4.69) is 10.4 Å². The van der Waals surface area contributed by atoms with Gasteiger partial charge in [-0.15, -0.1) is 0 Å². The molecule has 0 saturated carbocycles. The lowest BCUT2D eigenvalue weighted by Gasteiger charge is -2.24. The van der Waals surface area contributed by atoms with Crippen LogP contribution in [-0.2, 0) is 7.05 Å². The molecule has 2 aromatic rings. The Hall–Kier alpha value is -2.61. The Kier molecular flexibility index (Phi) is 4.85. The van der Waals surface area contributed by atoms with Crippen LogP contribution >= 0.6 is 11.6 Å². The van der Waals surface area contributed by atoms with E-state index in [4.69, 9.17) is 11.6 Å². The highest BCUT2D eigenvalue weighted by Gasteiger charge is 2.19. The molecule has 0 fully saturated rings. The van der Waals surface area contributed by atoms with E-state index >= 15 is 0 Å². The predicted octanol–water partition coefficient (Wildman–Crippen LogP) is 3.21. The van der Waals surface area contributed by atoms with Gasteiger partial charge in [0.25, 0.3) is 5.69 Å². The number of amides is 2. The molecule has 0 radical (unpaired) electrons. The number of carbonyl (C=O) groups excluding carboxylic acids is 1. The summed E-state index contributed by atoms with van der Waals surface area (Å²) in [6.07, 6.45) is 3.52. The van der Waals surface area contributed by atoms with Crippen LogP contribution in [0.25, 0.3) is 0 Å². The summed E-state index contributed by atoms with van der Waals surface area (Å²) < 4.78 is 1.66. The van der Waals surface area contributed by atoms with Gasteiger partial charge in [-0.2, -0.15) is 5.10 Å². The van der Waals surface area contributed by atoms with Crippen molar-refractivity contribution in [1.82, 2.24) is 14.7 Å². The zero-order chi connectivity index (χ0) is 17.1. The van der Waals surface area contributed by atoms with E-state index in [1.807, 2.05) is 13.1 Å². The van der Waals surface area contributed by atoms with Crippen molar-refractivity contribution in [3.8, 4) is 0 Å². The second kappa shape index (κ2) is 6.66. The fourth-order valence-electron chi connectivity index (χ4n) is 2.00. The number of aryl methyl sites for hydroxylation is 1. The lowest BCUT2D eigenvalue weighted by Crippen LogP contribution is -2.33. The van der Waals surface area contributed by atoms with Crippen molar-refractivity contribution in [3.63, 3.8) is 0 Å². The summed E-state index contributed by atoms with van der Waals surface area (Å²) in [4.78, 5) is 23.9. The molecular weight excluding hydrogens is 322 g/mol. The van der Waals surface area contributed by atoms with Gasteiger partial charge in [-0.3, -0.25) is 14.8 Å². The molecule has 1 heterocycles. The second-order valence-corrected chi connectivity index (χ2v) is 5.49. The minimum Gasteiger partial charge on any atom is -0.321 e. The van der Waals surface area contributed by atoms with E-state index in [1.54, 1.807) is 25.0 Å². The zero-order valence-electron chi connectivity index (χ0n) is 12.9. The first kappa shape index (κ1) is 16.8. The summed E-state index contributed by atoms with van der Waals surface area (Å²) in [6, 6.07) is 3.50. The van der Waals surface area contributed by atoms with Crippen molar-refractivity contribution >= 4 is 29.0 Å². The first-order valence-electron chi connectivity index (χ1n) is 6.76. The molecule has 0 aliphatic heterocycles. The molecule has 0 spiro atoms. The number of nitro benzene ring substituents is 1. The van der Waals surface area contributed by atoms with Gasteiger partial charge in [0, 0.05) is 37.6 Å². The molecule has 8 nitrogen and oxygen atoms in total. The average Bonchev–Trinajstić information content (AvgIpc) is 2.91. The fraction of sp³-hybridized carbons (Fsp3) is 0.286. The normalized spacial score (nSPS) is 11.8. The molecule has 1 atom stereocenters. The van der Waals surface area contributed by atoms with Crippen molar-refractivity contribution in [2.24, 2.45) is 7.05 Å². The van der Waals surface area contributed by atoms with Crippen molar-refractivity contribution in [2.45, 2.75) is 13.0 Å². The van der Waals surface area contributed by atoms with Gasteiger partial charge in [0.05, 0.1) is 17.2 Å². The fourth-order valence-corrected chi connectivity index (χ4v) is 2.25. The number of aromatic nitrogens is 2. The smallest absolute Gasteiger partial charge is 0.321 e. The van der Waals surface area contributed by atoms with Crippen molar-refractivity contribution in [3.05, 3.63) is 51.3 Å². The monoisotopic (exact) mass is 337 g/mol. The van der Waals surface area contributed by atoms with E-state index in [9.17, 15) is 14.9 Å². The molecule has 9 heteroatoms. The Morgan fingerprint density at radius 2 is 2.22 bits per heavy atom. The first-order valence-corrected chi connectivity index (χ1v) is 7.13. The molecule has 0 aliphatic rings. The van der Waals surface area contributed by atoms with E-state index in [-0.39, 0.29) is 22.8 Å². The van der Waals surface area contributed by atoms with Gasteiger partial charge in [-0.05, 0) is 19.1 Å². The Morgan fingerprint density at radius 3 is 2.74 bits per heavy atom. The molecular formula is C14H16ClN5O3. The van der Waals surface area contributed by atoms with E-state index in [1.165, 1.54) is 23.1 Å². The topological polar surface area (TPSA) is 93.3 Å². The minimum atomic E-state index is -0.579.